The first-order valence-corrected chi connectivity index (χ1v) is 7.11. The summed E-state index contributed by atoms with van der Waals surface area (Å²) in [5, 5.41) is 1.04. The molecular weight excluding hydrogens is 303 g/mol. The first-order valence-electron chi connectivity index (χ1n) is 5.82. The predicted molar refractivity (Wildman–Crippen MR) is 81.5 cm³/mol. The van der Waals surface area contributed by atoms with E-state index in [2.05, 4.69) is 6.07 Å². The zero-order chi connectivity index (χ0) is 13.8. The van der Waals surface area contributed by atoms with Gasteiger partial charge in [0, 0.05) is 10.6 Å². The Morgan fingerprint density at radius 2 is 1.89 bits per heavy atom. The van der Waals surface area contributed by atoms with Crippen molar-refractivity contribution in [3.63, 3.8) is 0 Å². The van der Waals surface area contributed by atoms with Crippen molar-refractivity contribution in [3.05, 3.63) is 63.1 Å². The standard InChI is InChI=1S/C15H13Cl3O/c1-10-3-2-4-11(5-10)9-19-15-12(8-16)6-13(17)7-14(15)18/h2-7H,8-9H2,1H3. The Morgan fingerprint density at radius 3 is 2.58 bits per heavy atom. The summed E-state index contributed by atoms with van der Waals surface area (Å²) in [4.78, 5) is 0. The molecule has 0 heterocycles. The Bertz CT molecular complexity index is 582. The summed E-state index contributed by atoms with van der Waals surface area (Å²) < 4.78 is 5.78. The molecule has 1 nitrogen and oxygen atoms in total. The van der Waals surface area contributed by atoms with Gasteiger partial charge < -0.3 is 4.74 Å². The van der Waals surface area contributed by atoms with Crippen molar-refractivity contribution in [3.8, 4) is 5.75 Å². The second-order valence-corrected chi connectivity index (χ2v) is 5.40. The van der Waals surface area contributed by atoms with Crippen LogP contribution >= 0.6 is 34.8 Å². The third kappa shape index (κ3) is 3.79. The van der Waals surface area contributed by atoms with Gasteiger partial charge in [-0.05, 0) is 24.6 Å². The molecule has 0 aliphatic heterocycles. The minimum absolute atomic E-state index is 0.309. The highest BCUT2D eigenvalue weighted by atomic mass is 35.5. The maximum atomic E-state index is 6.14. The Morgan fingerprint density at radius 1 is 1.11 bits per heavy atom. The van der Waals surface area contributed by atoms with Crippen molar-refractivity contribution in [1.82, 2.24) is 0 Å². The van der Waals surface area contributed by atoms with Crippen LogP contribution in [-0.4, -0.2) is 0 Å². The van der Waals surface area contributed by atoms with Crippen molar-refractivity contribution in [2.45, 2.75) is 19.4 Å². The van der Waals surface area contributed by atoms with E-state index in [1.165, 1.54) is 5.56 Å². The fraction of sp³-hybridized carbons (Fsp3) is 0.200. The lowest BCUT2D eigenvalue weighted by Crippen LogP contribution is -1.99. The molecule has 0 fully saturated rings. The highest BCUT2D eigenvalue weighted by molar-refractivity contribution is 6.36. The molecular formula is C15H13Cl3O. The molecule has 0 radical (unpaired) electrons. The summed E-state index contributed by atoms with van der Waals surface area (Å²) >= 11 is 18.0. The maximum absolute atomic E-state index is 6.14. The van der Waals surface area contributed by atoms with Gasteiger partial charge in [-0.25, -0.2) is 0 Å². The van der Waals surface area contributed by atoms with Crippen LogP contribution in [0.5, 0.6) is 5.75 Å². The van der Waals surface area contributed by atoms with Crippen molar-refractivity contribution in [1.29, 1.82) is 0 Å². The zero-order valence-corrected chi connectivity index (χ0v) is 12.7. The van der Waals surface area contributed by atoms with E-state index >= 15 is 0 Å². The van der Waals surface area contributed by atoms with E-state index in [0.29, 0.717) is 28.3 Å². The van der Waals surface area contributed by atoms with Crippen LogP contribution < -0.4 is 4.74 Å². The van der Waals surface area contributed by atoms with Gasteiger partial charge >= 0.3 is 0 Å². The quantitative estimate of drug-likeness (QED) is 0.665. The summed E-state index contributed by atoms with van der Waals surface area (Å²) in [6.45, 7) is 2.50. The average molecular weight is 316 g/mol. The highest BCUT2D eigenvalue weighted by Crippen LogP contribution is 2.34. The van der Waals surface area contributed by atoms with Gasteiger partial charge in [-0.3, -0.25) is 0 Å². The molecule has 0 spiro atoms. The van der Waals surface area contributed by atoms with Crippen LogP contribution in [0.1, 0.15) is 16.7 Å². The van der Waals surface area contributed by atoms with Gasteiger partial charge in [-0.2, -0.15) is 0 Å². The van der Waals surface area contributed by atoms with E-state index in [9.17, 15) is 0 Å². The number of alkyl halides is 1. The van der Waals surface area contributed by atoms with Gasteiger partial charge in [0.25, 0.3) is 0 Å². The monoisotopic (exact) mass is 314 g/mol. The lowest BCUT2D eigenvalue weighted by Gasteiger charge is -2.12. The van der Waals surface area contributed by atoms with E-state index in [1.807, 2.05) is 25.1 Å². The molecule has 0 atom stereocenters. The Kier molecular flexibility index (Phi) is 4.98. The Labute approximate surface area is 128 Å². The lowest BCUT2D eigenvalue weighted by atomic mass is 10.1. The van der Waals surface area contributed by atoms with Crippen molar-refractivity contribution in [2.24, 2.45) is 0 Å². The lowest BCUT2D eigenvalue weighted by molar-refractivity contribution is 0.304. The number of rotatable bonds is 4. The second kappa shape index (κ2) is 6.51. The molecule has 19 heavy (non-hydrogen) atoms. The predicted octanol–water partition coefficient (Wildman–Crippen LogP) is 5.62. The molecule has 0 saturated carbocycles. The van der Waals surface area contributed by atoms with Crippen molar-refractivity contribution in [2.75, 3.05) is 0 Å². The van der Waals surface area contributed by atoms with Crippen molar-refractivity contribution < 1.29 is 4.74 Å². The number of hydrogen-bond donors (Lipinski definition) is 0. The molecule has 0 amide bonds. The summed E-state index contributed by atoms with van der Waals surface area (Å²) in [6, 6.07) is 11.6. The Balaban J connectivity index is 2.19. The van der Waals surface area contributed by atoms with Crippen LogP contribution in [0, 0.1) is 6.92 Å². The van der Waals surface area contributed by atoms with E-state index in [4.69, 9.17) is 39.5 Å². The number of aryl methyl sites for hydroxylation is 1. The fourth-order valence-corrected chi connectivity index (χ4v) is 2.62. The third-order valence-corrected chi connectivity index (χ3v) is 3.48. The van der Waals surface area contributed by atoms with Gasteiger partial charge in [0.2, 0.25) is 0 Å². The summed E-state index contributed by atoms with van der Waals surface area (Å²) in [5.74, 6) is 0.909. The van der Waals surface area contributed by atoms with E-state index in [0.717, 1.165) is 11.1 Å². The molecule has 0 aliphatic rings. The molecule has 0 bridgehead atoms. The van der Waals surface area contributed by atoms with E-state index < -0.39 is 0 Å². The number of benzene rings is 2. The van der Waals surface area contributed by atoms with Gasteiger partial charge in [0.1, 0.15) is 12.4 Å². The summed E-state index contributed by atoms with van der Waals surface area (Å²) in [7, 11) is 0. The van der Waals surface area contributed by atoms with E-state index in [-0.39, 0.29) is 0 Å². The molecule has 0 saturated heterocycles. The van der Waals surface area contributed by atoms with Crippen LogP contribution in [0.3, 0.4) is 0 Å². The molecule has 0 N–H and O–H groups in total. The van der Waals surface area contributed by atoms with Crippen LogP contribution in [0.2, 0.25) is 10.0 Å². The van der Waals surface area contributed by atoms with Gasteiger partial charge in [0.15, 0.2) is 0 Å². The van der Waals surface area contributed by atoms with Crippen molar-refractivity contribution >= 4 is 34.8 Å². The van der Waals surface area contributed by atoms with Gasteiger partial charge in [-0.1, -0.05) is 53.0 Å². The third-order valence-electron chi connectivity index (χ3n) is 2.69. The normalized spacial score (nSPS) is 10.5. The van der Waals surface area contributed by atoms with Gasteiger partial charge in [-0.15, -0.1) is 11.6 Å². The van der Waals surface area contributed by atoms with Crippen LogP contribution in [-0.2, 0) is 12.5 Å². The van der Waals surface area contributed by atoms with Gasteiger partial charge in [0.05, 0.1) is 10.9 Å². The number of ether oxygens (including phenoxy) is 1. The summed E-state index contributed by atoms with van der Waals surface area (Å²) in [6.07, 6.45) is 0. The molecule has 0 unspecified atom stereocenters. The largest absolute Gasteiger partial charge is 0.487 e. The zero-order valence-electron chi connectivity index (χ0n) is 10.4. The Hall–Kier alpha value is -0.890. The molecule has 0 aliphatic carbocycles. The first kappa shape index (κ1) is 14.5. The van der Waals surface area contributed by atoms with Crippen LogP contribution in [0.25, 0.3) is 0 Å². The highest BCUT2D eigenvalue weighted by Gasteiger charge is 2.10. The molecule has 100 valence electrons. The molecule has 2 rings (SSSR count). The van der Waals surface area contributed by atoms with Crippen LogP contribution in [0.15, 0.2) is 36.4 Å². The SMILES string of the molecule is Cc1cccc(COc2c(Cl)cc(Cl)cc2CCl)c1. The smallest absolute Gasteiger partial charge is 0.142 e. The summed E-state index contributed by atoms with van der Waals surface area (Å²) in [5.41, 5.74) is 3.08. The minimum Gasteiger partial charge on any atom is -0.487 e. The molecule has 0 aromatic heterocycles. The molecule has 2 aromatic carbocycles. The fourth-order valence-electron chi connectivity index (χ4n) is 1.83. The molecule has 4 heteroatoms. The van der Waals surface area contributed by atoms with Crippen LogP contribution in [0.4, 0.5) is 0 Å². The molecule has 2 aromatic rings. The van der Waals surface area contributed by atoms with E-state index in [1.54, 1.807) is 12.1 Å². The number of hydrogen-bond acceptors (Lipinski definition) is 1. The number of halogens is 3. The second-order valence-electron chi connectivity index (χ2n) is 4.29. The first-order chi connectivity index (χ1) is 9.10. The topological polar surface area (TPSA) is 9.23 Å². The maximum Gasteiger partial charge on any atom is 0.142 e. The average Bonchev–Trinajstić information content (AvgIpc) is 2.37. The minimum atomic E-state index is 0.309.